The molecule has 152 valence electrons. The van der Waals surface area contributed by atoms with Crippen molar-refractivity contribution in [3.8, 4) is 0 Å². The first-order chi connectivity index (χ1) is 14.6. The fourth-order valence-electron chi connectivity index (χ4n) is 3.09. The van der Waals surface area contributed by atoms with Crippen LogP contribution in [0, 0.1) is 0 Å². The highest BCUT2D eigenvalue weighted by molar-refractivity contribution is 6.02. The first-order valence-corrected chi connectivity index (χ1v) is 9.39. The maximum atomic E-state index is 12.2. The zero-order valence-electron chi connectivity index (χ0n) is 16.0. The number of aromatic nitrogens is 1. The summed E-state index contributed by atoms with van der Waals surface area (Å²) in [6, 6.07) is 17.5. The predicted octanol–water partition coefficient (Wildman–Crippen LogP) is 3.15. The van der Waals surface area contributed by atoms with Gasteiger partial charge >= 0.3 is 5.76 Å². The molecule has 2 amide bonds. The van der Waals surface area contributed by atoms with E-state index in [2.05, 4.69) is 10.6 Å². The number of fused-ring (bicyclic) bond motifs is 1. The second kappa shape index (κ2) is 8.52. The number of hydrogen-bond donors (Lipinski definition) is 2. The summed E-state index contributed by atoms with van der Waals surface area (Å²) >= 11 is 0. The van der Waals surface area contributed by atoms with Gasteiger partial charge in [0.1, 0.15) is 0 Å². The van der Waals surface area contributed by atoms with Gasteiger partial charge in [-0.05, 0) is 42.0 Å². The Morgan fingerprint density at radius 3 is 2.70 bits per heavy atom. The van der Waals surface area contributed by atoms with Crippen LogP contribution in [0.1, 0.15) is 22.5 Å². The number of hydrogen-bond acceptors (Lipinski definition) is 5. The third-order valence-electron chi connectivity index (χ3n) is 4.56. The highest BCUT2D eigenvalue weighted by atomic mass is 16.4. The third kappa shape index (κ3) is 4.33. The molecule has 2 N–H and O–H groups in total. The van der Waals surface area contributed by atoms with Crippen LogP contribution in [0.3, 0.4) is 0 Å². The maximum absolute atomic E-state index is 12.2. The molecular formula is C22H19N3O5. The van der Waals surface area contributed by atoms with E-state index in [1.54, 1.807) is 48.5 Å². The Morgan fingerprint density at radius 2 is 1.87 bits per heavy atom. The highest BCUT2D eigenvalue weighted by Crippen LogP contribution is 2.14. The molecule has 2 heterocycles. The monoisotopic (exact) mass is 405 g/mol. The fourth-order valence-corrected chi connectivity index (χ4v) is 3.09. The van der Waals surface area contributed by atoms with Crippen molar-refractivity contribution in [3.05, 3.63) is 88.8 Å². The number of nitrogens with zero attached hydrogens (tertiary/aromatic N) is 1. The minimum absolute atomic E-state index is 0.137. The number of nitrogens with one attached hydrogen (secondary N) is 2. The molecule has 0 aliphatic carbocycles. The van der Waals surface area contributed by atoms with Gasteiger partial charge in [0, 0.05) is 25.2 Å². The topological polar surface area (TPSA) is 106 Å². The molecule has 0 aliphatic heterocycles. The molecule has 4 rings (SSSR count). The summed E-state index contributed by atoms with van der Waals surface area (Å²) in [5.41, 5.74) is 2.58. The Kier molecular flexibility index (Phi) is 5.47. The number of amides is 2. The average molecular weight is 405 g/mol. The summed E-state index contributed by atoms with van der Waals surface area (Å²) in [4.78, 5) is 36.3. The van der Waals surface area contributed by atoms with Crippen LogP contribution in [0.2, 0.25) is 0 Å². The standard InChI is InChI=1S/C22H19N3O5/c26-20(10-11-25-17-7-1-2-8-18(17)30-22(25)28)23-14-15-5-3-6-16(13-15)24-21(27)19-9-4-12-29-19/h1-9,12-13H,10-11,14H2,(H,23,26)(H,24,27). The molecule has 0 saturated carbocycles. The van der Waals surface area contributed by atoms with Gasteiger partial charge in [-0.15, -0.1) is 0 Å². The second-order valence-corrected chi connectivity index (χ2v) is 6.65. The van der Waals surface area contributed by atoms with Crippen molar-refractivity contribution in [2.45, 2.75) is 19.5 Å². The van der Waals surface area contributed by atoms with Crippen LogP contribution in [0.25, 0.3) is 11.1 Å². The predicted molar refractivity (Wildman–Crippen MR) is 110 cm³/mol. The Morgan fingerprint density at radius 1 is 1.00 bits per heavy atom. The summed E-state index contributed by atoms with van der Waals surface area (Å²) in [7, 11) is 0. The van der Waals surface area contributed by atoms with E-state index < -0.39 is 5.76 Å². The Labute approximate surface area is 171 Å². The number of oxazole rings is 1. The van der Waals surface area contributed by atoms with E-state index in [-0.39, 0.29) is 30.5 Å². The number of benzene rings is 2. The lowest BCUT2D eigenvalue weighted by molar-refractivity contribution is -0.121. The summed E-state index contributed by atoms with van der Waals surface area (Å²) in [6.45, 7) is 0.519. The molecule has 0 atom stereocenters. The molecule has 30 heavy (non-hydrogen) atoms. The van der Waals surface area contributed by atoms with Crippen LogP contribution in [-0.4, -0.2) is 16.4 Å². The van der Waals surface area contributed by atoms with Crippen molar-refractivity contribution in [2.75, 3.05) is 5.32 Å². The average Bonchev–Trinajstić information content (AvgIpc) is 3.39. The molecule has 2 aromatic heterocycles. The van der Waals surface area contributed by atoms with Crippen LogP contribution in [-0.2, 0) is 17.9 Å². The number of aryl methyl sites for hydroxylation is 1. The molecule has 0 aliphatic rings. The van der Waals surface area contributed by atoms with Gasteiger partial charge in [-0.25, -0.2) is 4.79 Å². The molecule has 0 unspecified atom stereocenters. The van der Waals surface area contributed by atoms with Gasteiger partial charge in [0.15, 0.2) is 11.3 Å². The van der Waals surface area contributed by atoms with Gasteiger partial charge < -0.3 is 19.5 Å². The normalized spacial score (nSPS) is 10.8. The molecule has 8 nitrogen and oxygen atoms in total. The molecular weight excluding hydrogens is 386 g/mol. The number of furan rings is 1. The number of carbonyl (C=O) groups excluding carboxylic acids is 2. The van der Waals surface area contributed by atoms with Gasteiger partial charge in [0.2, 0.25) is 5.91 Å². The summed E-state index contributed by atoms with van der Waals surface area (Å²) in [5.74, 6) is -0.809. The van der Waals surface area contributed by atoms with Gasteiger partial charge in [0.05, 0.1) is 11.8 Å². The quantitative estimate of drug-likeness (QED) is 0.491. The molecule has 0 bridgehead atoms. The molecule has 8 heteroatoms. The number of para-hydroxylation sites is 2. The van der Waals surface area contributed by atoms with E-state index in [1.807, 2.05) is 12.1 Å². The molecule has 0 saturated heterocycles. The van der Waals surface area contributed by atoms with Gasteiger partial charge in [-0.1, -0.05) is 24.3 Å². The molecule has 0 spiro atoms. The third-order valence-corrected chi connectivity index (χ3v) is 4.56. The zero-order valence-corrected chi connectivity index (χ0v) is 16.0. The number of carbonyl (C=O) groups is 2. The molecule has 0 radical (unpaired) electrons. The van der Waals surface area contributed by atoms with Gasteiger partial charge in [-0.2, -0.15) is 0 Å². The molecule has 2 aromatic carbocycles. The van der Waals surface area contributed by atoms with E-state index in [0.29, 0.717) is 23.3 Å². The minimum atomic E-state index is -0.482. The second-order valence-electron chi connectivity index (χ2n) is 6.65. The smallest absolute Gasteiger partial charge is 0.419 e. The van der Waals surface area contributed by atoms with Crippen molar-refractivity contribution in [1.82, 2.24) is 9.88 Å². The Bertz CT molecular complexity index is 1240. The van der Waals surface area contributed by atoms with Crippen molar-refractivity contribution >= 4 is 28.6 Å². The summed E-state index contributed by atoms with van der Waals surface area (Å²) in [5, 5.41) is 5.57. The molecule has 0 fully saturated rings. The van der Waals surface area contributed by atoms with Crippen molar-refractivity contribution in [2.24, 2.45) is 0 Å². The highest BCUT2D eigenvalue weighted by Gasteiger charge is 2.11. The first kappa shape index (κ1) is 19.3. The van der Waals surface area contributed by atoms with Crippen LogP contribution >= 0.6 is 0 Å². The van der Waals surface area contributed by atoms with E-state index >= 15 is 0 Å². The minimum Gasteiger partial charge on any atom is -0.459 e. The van der Waals surface area contributed by atoms with Crippen LogP contribution in [0.4, 0.5) is 5.69 Å². The van der Waals surface area contributed by atoms with E-state index in [1.165, 1.54) is 10.8 Å². The Balaban J connectivity index is 1.32. The maximum Gasteiger partial charge on any atom is 0.419 e. The van der Waals surface area contributed by atoms with E-state index in [0.717, 1.165) is 5.56 Å². The van der Waals surface area contributed by atoms with E-state index in [9.17, 15) is 14.4 Å². The zero-order chi connectivity index (χ0) is 20.9. The summed E-state index contributed by atoms with van der Waals surface area (Å²) in [6.07, 6.45) is 1.57. The number of anilines is 1. The van der Waals surface area contributed by atoms with Crippen LogP contribution < -0.4 is 16.4 Å². The largest absolute Gasteiger partial charge is 0.459 e. The molecule has 4 aromatic rings. The first-order valence-electron chi connectivity index (χ1n) is 9.39. The van der Waals surface area contributed by atoms with Crippen molar-refractivity contribution in [3.63, 3.8) is 0 Å². The lowest BCUT2D eigenvalue weighted by Crippen LogP contribution is -2.25. The van der Waals surface area contributed by atoms with Gasteiger partial charge in [-0.3, -0.25) is 14.2 Å². The number of rotatable bonds is 7. The SMILES string of the molecule is O=C(CCn1c(=O)oc2ccccc21)NCc1cccc(NC(=O)c2ccco2)c1. The van der Waals surface area contributed by atoms with E-state index in [4.69, 9.17) is 8.83 Å². The summed E-state index contributed by atoms with van der Waals surface area (Å²) < 4.78 is 11.7. The fraction of sp³-hybridized carbons (Fsp3) is 0.136. The lowest BCUT2D eigenvalue weighted by Gasteiger charge is -2.08. The lowest BCUT2D eigenvalue weighted by atomic mass is 10.2. The van der Waals surface area contributed by atoms with Crippen LogP contribution in [0.5, 0.6) is 0 Å². The van der Waals surface area contributed by atoms with Crippen molar-refractivity contribution in [1.29, 1.82) is 0 Å². The van der Waals surface area contributed by atoms with Gasteiger partial charge in [0.25, 0.3) is 5.91 Å². The Hall–Kier alpha value is -4.07. The van der Waals surface area contributed by atoms with Crippen molar-refractivity contribution < 1.29 is 18.4 Å². The van der Waals surface area contributed by atoms with Crippen LogP contribution in [0.15, 0.2) is 80.6 Å².